The van der Waals surface area contributed by atoms with Crippen LogP contribution in [-0.2, 0) is 0 Å². The predicted octanol–water partition coefficient (Wildman–Crippen LogP) is 4.03. The number of anilines is 1. The van der Waals surface area contributed by atoms with Crippen LogP contribution in [0.15, 0.2) is 71.0 Å². The summed E-state index contributed by atoms with van der Waals surface area (Å²) >= 11 is 1.38. The second kappa shape index (κ2) is 7.76. The van der Waals surface area contributed by atoms with Crippen molar-refractivity contribution in [3.05, 3.63) is 72.3 Å². The van der Waals surface area contributed by atoms with Crippen LogP contribution >= 0.6 is 11.8 Å². The molecule has 0 unspecified atom stereocenters. The van der Waals surface area contributed by atoms with E-state index in [2.05, 4.69) is 15.3 Å². The molecule has 0 bridgehead atoms. The molecule has 0 spiro atoms. The Bertz CT molecular complexity index is 890. The van der Waals surface area contributed by atoms with Crippen molar-refractivity contribution in [2.24, 2.45) is 0 Å². The first-order valence-electron chi connectivity index (χ1n) is 7.35. The van der Waals surface area contributed by atoms with Gasteiger partial charge in [-0.15, -0.1) is 0 Å². The van der Waals surface area contributed by atoms with E-state index in [9.17, 15) is 9.18 Å². The second-order valence-corrected chi connectivity index (χ2v) is 5.99. The number of nitrogens with one attached hydrogen (secondary N) is 1. The van der Waals surface area contributed by atoms with Gasteiger partial charge in [0.15, 0.2) is 0 Å². The van der Waals surface area contributed by atoms with E-state index in [0.717, 1.165) is 11.1 Å². The van der Waals surface area contributed by atoms with E-state index in [1.54, 1.807) is 24.5 Å². The molecule has 0 atom stereocenters. The Morgan fingerprint density at radius 1 is 1.08 bits per heavy atom. The van der Waals surface area contributed by atoms with Crippen LogP contribution in [0.2, 0.25) is 0 Å². The van der Waals surface area contributed by atoms with E-state index < -0.39 is 11.7 Å². The van der Waals surface area contributed by atoms with Gasteiger partial charge >= 0.3 is 0 Å². The molecule has 0 saturated carbocycles. The number of rotatable bonds is 5. The van der Waals surface area contributed by atoms with E-state index in [1.165, 1.54) is 31.0 Å². The Balaban J connectivity index is 1.78. The van der Waals surface area contributed by atoms with Crippen molar-refractivity contribution in [2.75, 3.05) is 12.4 Å². The normalized spacial score (nSPS) is 10.3. The molecule has 0 saturated heterocycles. The number of hydrogen-bond donors (Lipinski definition) is 1. The van der Waals surface area contributed by atoms with Crippen LogP contribution in [0.25, 0.3) is 0 Å². The maximum atomic E-state index is 13.4. The number of carbonyl (C=O) groups excluding carboxylic acids is 1. The van der Waals surface area contributed by atoms with Gasteiger partial charge in [0, 0.05) is 18.1 Å². The Morgan fingerprint density at radius 3 is 2.68 bits per heavy atom. The minimum Gasteiger partial charge on any atom is -0.496 e. The van der Waals surface area contributed by atoms with Gasteiger partial charge in [-0.3, -0.25) is 4.79 Å². The fraction of sp³-hybridized carbons (Fsp3) is 0.0556. The second-order valence-electron chi connectivity index (χ2n) is 4.95. The highest BCUT2D eigenvalue weighted by Crippen LogP contribution is 2.26. The molecule has 1 N–H and O–H groups in total. The Labute approximate surface area is 148 Å². The number of nitrogens with zero attached hydrogens (tertiary/aromatic N) is 2. The molecule has 2 heterocycles. The Morgan fingerprint density at radius 2 is 1.92 bits per heavy atom. The zero-order valence-corrected chi connectivity index (χ0v) is 14.1. The molecular weight excluding hydrogens is 341 g/mol. The van der Waals surface area contributed by atoms with Crippen LogP contribution in [-0.4, -0.2) is 23.0 Å². The highest BCUT2D eigenvalue weighted by Gasteiger charge is 2.14. The van der Waals surface area contributed by atoms with Crippen molar-refractivity contribution in [1.82, 2.24) is 9.97 Å². The first-order valence-corrected chi connectivity index (χ1v) is 8.17. The number of halogens is 1. The highest BCUT2D eigenvalue weighted by atomic mass is 32.2. The zero-order valence-electron chi connectivity index (χ0n) is 13.3. The lowest BCUT2D eigenvalue weighted by molar-refractivity contribution is 0.102. The monoisotopic (exact) mass is 355 g/mol. The number of benzene rings is 1. The SMILES string of the molecule is COc1ccc(F)cc1C(=O)Nc1ccnc(Sc2ccccn2)c1. The van der Waals surface area contributed by atoms with Crippen molar-refractivity contribution in [1.29, 1.82) is 0 Å². The number of aromatic nitrogens is 2. The van der Waals surface area contributed by atoms with Gasteiger partial charge in [0.2, 0.25) is 0 Å². The molecule has 7 heteroatoms. The molecule has 0 fully saturated rings. The summed E-state index contributed by atoms with van der Waals surface area (Å²) in [6.07, 6.45) is 3.29. The maximum absolute atomic E-state index is 13.4. The average Bonchev–Trinajstić information content (AvgIpc) is 2.63. The summed E-state index contributed by atoms with van der Waals surface area (Å²) in [6, 6.07) is 12.8. The molecule has 3 aromatic rings. The van der Waals surface area contributed by atoms with Crippen LogP contribution in [0.4, 0.5) is 10.1 Å². The molecular formula is C18H14FN3O2S. The molecule has 5 nitrogen and oxygen atoms in total. The summed E-state index contributed by atoms with van der Waals surface area (Å²) in [5.74, 6) is -0.667. The maximum Gasteiger partial charge on any atom is 0.259 e. The number of amides is 1. The van der Waals surface area contributed by atoms with Crippen molar-refractivity contribution in [2.45, 2.75) is 10.1 Å². The van der Waals surface area contributed by atoms with Gasteiger partial charge in [0.1, 0.15) is 21.6 Å². The molecule has 2 aromatic heterocycles. The topological polar surface area (TPSA) is 64.1 Å². The van der Waals surface area contributed by atoms with Crippen LogP contribution in [0.5, 0.6) is 5.75 Å². The van der Waals surface area contributed by atoms with Crippen LogP contribution in [0, 0.1) is 5.82 Å². The van der Waals surface area contributed by atoms with E-state index in [0.29, 0.717) is 16.5 Å². The first-order chi connectivity index (χ1) is 12.2. The molecule has 0 aliphatic carbocycles. The third kappa shape index (κ3) is 4.33. The van der Waals surface area contributed by atoms with E-state index in [1.807, 2.05) is 18.2 Å². The smallest absolute Gasteiger partial charge is 0.259 e. The lowest BCUT2D eigenvalue weighted by atomic mass is 10.1. The largest absolute Gasteiger partial charge is 0.496 e. The summed E-state index contributed by atoms with van der Waals surface area (Å²) in [4.78, 5) is 20.9. The van der Waals surface area contributed by atoms with Gasteiger partial charge in [0.05, 0.1) is 12.7 Å². The standard InChI is InChI=1S/C18H14FN3O2S/c1-24-15-6-5-12(19)10-14(15)18(23)22-13-7-9-21-17(11-13)25-16-4-2-3-8-20-16/h2-11H,1H3,(H,21,22,23). The molecule has 1 amide bonds. The average molecular weight is 355 g/mol. The number of hydrogen-bond acceptors (Lipinski definition) is 5. The van der Waals surface area contributed by atoms with Gasteiger partial charge in [-0.2, -0.15) is 0 Å². The fourth-order valence-electron chi connectivity index (χ4n) is 2.11. The lowest BCUT2D eigenvalue weighted by Gasteiger charge is -2.10. The van der Waals surface area contributed by atoms with Gasteiger partial charge in [0.25, 0.3) is 5.91 Å². The van der Waals surface area contributed by atoms with Crippen LogP contribution in [0.3, 0.4) is 0 Å². The molecule has 0 radical (unpaired) electrons. The lowest BCUT2D eigenvalue weighted by Crippen LogP contribution is -2.13. The minimum atomic E-state index is -0.507. The fourth-order valence-corrected chi connectivity index (χ4v) is 2.89. The van der Waals surface area contributed by atoms with E-state index >= 15 is 0 Å². The molecule has 126 valence electrons. The number of methoxy groups -OCH3 is 1. The Kier molecular flexibility index (Phi) is 5.25. The van der Waals surface area contributed by atoms with E-state index in [-0.39, 0.29) is 5.56 Å². The summed E-state index contributed by atoms with van der Waals surface area (Å²) in [5.41, 5.74) is 0.669. The third-order valence-corrected chi connectivity index (χ3v) is 4.13. The zero-order chi connectivity index (χ0) is 17.6. The highest BCUT2D eigenvalue weighted by molar-refractivity contribution is 7.99. The number of pyridine rings is 2. The third-order valence-electron chi connectivity index (χ3n) is 3.25. The molecule has 25 heavy (non-hydrogen) atoms. The van der Waals surface area contributed by atoms with Crippen molar-refractivity contribution in [3.63, 3.8) is 0 Å². The summed E-state index contributed by atoms with van der Waals surface area (Å²) in [5, 5.41) is 4.21. The quantitative estimate of drug-likeness (QED) is 0.749. The van der Waals surface area contributed by atoms with Gasteiger partial charge < -0.3 is 10.1 Å². The van der Waals surface area contributed by atoms with Gasteiger partial charge in [-0.05, 0) is 42.5 Å². The molecule has 0 aliphatic heterocycles. The van der Waals surface area contributed by atoms with Crippen LogP contribution in [0.1, 0.15) is 10.4 Å². The predicted molar refractivity (Wildman–Crippen MR) is 93.5 cm³/mol. The van der Waals surface area contributed by atoms with Crippen molar-refractivity contribution < 1.29 is 13.9 Å². The molecule has 0 aliphatic rings. The van der Waals surface area contributed by atoms with Gasteiger partial charge in [-0.1, -0.05) is 17.8 Å². The molecule has 1 aromatic carbocycles. The number of carbonyl (C=O) groups is 1. The van der Waals surface area contributed by atoms with Crippen molar-refractivity contribution >= 4 is 23.4 Å². The van der Waals surface area contributed by atoms with Gasteiger partial charge in [-0.25, -0.2) is 14.4 Å². The van der Waals surface area contributed by atoms with Crippen molar-refractivity contribution in [3.8, 4) is 5.75 Å². The summed E-state index contributed by atoms with van der Waals surface area (Å²) < 4.78 is 18.5. The van der Waals surface area contributed by atoms with Crippen LogP contribution < -0.4 is 10.1 Å². The summed E-state index contributed by atoms with van der Waals surface area (Å²) in [7, 11) is 1.43. The first kappa shape index (κ1) is 16.9. The Hall–Kier alpha value is -2.93. The summed E-state index contributed by atoms with van der Waals surface area (Å²) in [6.45, 7) is 0. The molecule has 3 rings (SSSR count). The van der Waals surface area contributed by atoms with E-state index in [4.69, 9.17) is 4.74 Å². The number of ether oxygens (including phenoxy) is 1. The minimum absolute atomic E-state index is 0.123.